The standard InChI is InChI=1S/C12H16N4O/c1-13-7-12-14-9-16(15-12)8-10-5-3-4-6-11(10)17-2/h3-6,9,13H,7-8H2,1-2H3. The molecule has 0 bridgehead atoms. The molecule has 5 nitrogen and oxygen atoms in total. The molecule has 0 unspecified atom stereocenters. The van der Waals surface area contributed by atoms with Crippen molar-refractivity contribution in [2.45, 2.75) is 13.1 Å². The summed E-state index contributed by atoms with van der Waals surface area (Å²) in [7, 11) is 3.55. The molecule has 90 valence electrons. The number of para-hydroxylation sites is 1. The molecule has 1 N–H and O–H groups in total. The fraction of sp³-hybridized carbons (Fsp3) is 0.333. The lowest BCUT2D eigenvalue weighted by molar-refractivity contribution is 0.407. The summed E-state index contributed by atoms with van der Waals surface area (Å²) in [5.41, 5.74) is 1.09. The van der Waals surface area contributed by atoms with Gasteiger partial charge in [-0.25, -0.2) is 9.67 Å². The number of methoxy groups -OCH3 is 1. The predicted octanol–water partition coefficient (Wildman–Crippen LogP) is 1.05. The second-order valence-electron chi connectivity index (χ2n) is 3.70. The van der Waals surface area contributed by atoms with E-state index >= 15 is 0 Å². The number of hydrogen-bond donors (Lipinski definition) is 1. The Bertz CT molecular complexity index is 481. The summed E-state index contributed by atoms with van der Waals surface area (Å²) in [5, 5.41) is 7.38. The molecule has 0 spiro atoms. The van der Waals surface area contributed by atoms with Crippen LogP contribution < -0.4 is 10.1 Å². The number of rotatable bonds is 5. The molecule has 0 aliphatic heterocycles. The molecule has 0 radical (unpaired) electrons. The lowest BCUT2D eigenvalue weighted by Crippen LogP contribution is -2.08. The molecule has 0 saturated carbocycles. The van der Waals surface area contributed by atoms with Crippen LogP contribution in [0.25, 0.3) is 0 Å². The quantitative estimate of drug-likeness (QED) is 0.837. The number of ether oxygens (including phenoxy) is 1. The minimum atomic E-state index is 0.667. The summed E-state index contributed by atoms with van der Waals surface area (Å²) >= 11 is 0. The van der Waals surface area contributed by atoms with Crippen LogP contribution in [0.4, 0.5) is 0 Å². The van der Waals surface area contributed by atoms with Crippen LogP contribution in [0.3, 0.4) is 0 Å². The van der Waals surface area contributed by atoms with Gasteiger partial charge in [0.1, 0.15) is 12.1 Å². The van der Waals surface area contributed by atoms with Crippen LogP contribution >= 0.6 is 0 Å². The van der Waals surface area contributed by atoms with Crippen molar-refractivity contribution in [2.24, 2.45) is 0 Å². The first-order valence-electron chi connectivity index (χ1n) is 5.48. The van der Waals surface area contributed by atoms with E-state index in [1.165, 1.54) is 0 Å². The maximum Gasteiger partial charge on any atom is 0.164 e. The zero-order chi connectivity index (χ0) is 12.1. The second-order valence-corrected chi connectivity index (χ2v) is 3.70. The second kappa shape index (κ2) is 5.45. The van der Waals surface area contributed by atoms with E-state index in [1.807, 2.05) is 36.0 Å². The number of aromatic nitrogens is 3. The molecule has 1 heterocycles. The molecule has 0 saturated heterocycles. The minimum absolute atomic E-state index is 0.667. The summed E-state index contributed by atoms with van der Waals surface area (Å²) in [6, 6.07) is 7.92. The van der Waals surface area contributed by atoms with Gasteiger partial charge in [0.05, 0.1) is 20.2 Å². The normalized spacial score (nSPS) is 10.5. The van der Waals surface area contributed by atoms with Gasteiger partial charge in [-0.15, -0.1) is 0 Å². The topological polar surface area (TPSA) is 52.0 Å². The number of hydrogen-bond acceptors (Lipinski definition) is 4. The Hall–Kier alpha value is -1.88. The van der Waals surface area contributed by atoms with E-state index in [9.17, 15) is 0 Å². The van der Waals surface area contributed by atoms with Gasteiger partial charge in [0.15, 0.2) is 5.82 Å². The highest BCUT2D eigenvalue weighted by atomic mass is 16.5. The molecule has 2 aromatic rings. The first kappa shape index (κ1) is 11.6. The van der Waals surface area contributed by atoms with E-state index in [0.29, 0.717) is 13.1 Å². The van der Waals surface area contributed by atoms with Crippen LogP contribution in [-0.4, -0.2) is 28.9 Å². The lowest BCUT2D eigenvalue weighted by Gasteiger charge is -2.07. The summed E-state index contributed by atoms with van der Waals surface area (Å²) in [5.74, 6) is 1.67. The minimum Gasteiger partial charge on any atom is -0.496 e. The fourth-order valence-corrected chi connectivity index (χ4v) is 1.66. The molecular formula is C12H16N4O. The molecular weight excluding hydrogens is 216 g/mol. The maximum absolute atomic E-state index is 5.30. The molecule has 0 aliphatic carbocycles. The Labute approximate surface area is 100 Å². The van der Waals surface area contributed by atoms with E-state index in [-0.39, 0.29) is 0 Å². The van der Waals surface area contributed by atoms with E-state index in [0.717, 1.165) is 17.1 Å². The number of benzene rings is 1. The van der Waals surface area contributed by atoms with E-state index in [1.54, 1.807) is 13.4 Å². The molecule has 0 atom stereocenters. The fourth-order valence-electron chi connectivity index (χ4n) is 1.66. The molecule has 0 fully saturated rings. The van der Waals surface area contributed by atoms with Crippen molar-refractivity contribution in [2.75, 3.05) is 14.2 Å². The van der Waals surface area contributed by atoms with Gasteiger partial charge in [-0.2, -0.15) is 5.10 Å². The molecule has 1 aromatic heterocycles. The maximum atomic E-state index is 5.30. The van der Waals surface area contributed by atoms with Gasteiger partial charge in [0, 0.05) is 5.56 Å². The van der Waals surface area contributed by atoms with Crippen molar-refractivity contribution in [3.8, 4) is 5.75 Å². The van der Waals surface area contributed by atoms with Gasteiger partial charge < -0.3 is 10.1 Å². The highest BCUT2D eigenvalue weighted by Crippen LogP contribution is 2.17. The third-order valence-corrected chi connectivity index (χ3v) is 2.44. The van der Waals surface area contributed by atoms with Crippen molar-refractivity contribution in [1.82, 2.24) is 20.1 Å². The summed E-state index contributed by atoms with van der Waals surface area (Å²) in [6.45, 7) is 1.35. The van der Waals surface area contributed by atoms with Crippen LogP contribution in [0.1, 0.15) is 11.4 Å². The van der Waals surface area contributed by atoms with Crippen molar-refractivity contribution >= 4 is 0 Å². The van der Waals surface area contributed by atoms with Gasteiger partial charge in [-0.3, -0.25) is 0 Å². The zero-order valence-electron chi connectivity index (χ0n) is 10.1. The largest absolute Gasteiger partial charge is 0.496 e. The first-order chi connectivity index (χ1) is 8.33. The average molecular weight is 232 g/mol. The Balaban J connectivity index is 2.13. The third-order valence-electron chi connectivity index (χ3n) is 2.44. The van der Waals surface area contributed by atoms with Crippen LogP contribution in [0.15, 0.2) is 30.6 Å². The Kier molecular flexibility index (Phi) is 3.72. The van der Waals surface area contributed by atoms with Gasteiger partial charge in [0.2, 0.25) is 0 Å². The number of nitrogens with one attached hydrogen (secondary N) is 1. The van der Waals surface area contributed by atoms with E-state index in [2.05, 4.69) is 15.4 Å². The smallest absolute Gasteiger partial charge is 0.164 e. The van der Waals surface area contributed by atoms with Gasteiger partial charge in [0.25, 0.3) is 0 Å². The van der Waals surface area contributed by atoms with E-state index in [4.69, 9.17) is 4.74 Å². The average Bonchev–Trinajstić information content (AvgIpc) is 2.78. The van der Waals surface area contributed by atoms with Crippen molar-refractivity contribution < 1.29 is 4.74 Å². The van der Waals surface area contributed by atoms with Crippen molar-refractivity contribution in [3.63, 3.8) is 0 Å². The van der Waals surface area contributed by atoms with Crippen LogP contribution in [0, 0.1) is 0 Å². The monoisotopic (exact) mass is 232 g/mol. The van der Waals surface area contributed by atoms with Crippen molar-refractivity contribution in [3.05, 3.63) is 42.0 Å². The number of nitrogens with zero attached hydrogens (tertiary/aromatic N) is 3. The molecule has 0 amide bonds. The van der Waals surface area contributed by atoms with Gasteiger partial charge >= 0.3 is 0 Å². The summed E-state index contributed by atoms with van der Waals surface area (Å²) in [6.07, 6.45) is 1.74. The molecule has 1 aromatic carbocycles. The third kappa shape index (κ3) is 2.82. The van der Waals surface area contributed by atoms with Crippen LogP contribution in [0.2, 0.25) is 0 Å². The van der Waals surface area contributed by atoms with Crippen molar-refractivity contribution in [1.29, 1.82) is 0 Å². The summed E-state index contributed by atoms with van der Waals surface area (Å²) < 4.78 is 7.11. The van der Waals surface area contributed by atoms with Crippen LogP contribution in [0.5, 0.6) is 5.75 Å². The Morgan fingerprint density at radius 3 is 2.94 bits per heavy atom. The molecule has 17 heavy (non-hydrogen) atoms. The SMILES string of the molecule is CNCc1ncn(Cc2ccccc2OC)n1. The van der Waals surface area contributed by atoms with Gasteiger partial charge in [-0.1, -0.05) is 18.2 Å². The first-order valence-corrected chi connectivity index (χ1v) is 5.48. The Morgan fingerprint density at radius 2 is 2.18 bits per heavy atom. The lowest BCUT2D eigenvalue weighted by atomic mass is 10.2. The predicted molar refractivity (Wildman–Crippen MR) is 64.9 cm³/mol. The molecule has 5 heteroatoms. The Morgan fingerprint density at radius 1 is 1.35 bits per heavy atom. The highest BCUT2D eigenvalue weighted by molar-refractivity contribution is 5.33. The van der Waals surface area contributed by atoms with Crippen LogP contribution in [-0.2, 0) is 13.1 Å². The highest BCUT2D eigenvalue weighted by Gasteiger charge is 2.04. The summed E-state index contributed by atoms with van der Waals surface area (Å²) in [4.78, 5) is 4.21. The van der Waals surface area contributed by atoms with E-state index < -0.39 is 0 Å². The molecule has 0 aliphatic rings. The molecule has 2 rings (SSSR count). The van der Waals surface area contributed by atoms with Gasteiger partial charge in [-0.05, 0) is 13.1 Å². The zero-order valence-corrected chi connectivity index (χ0v) is 10.1.